The average molecular weight is 358 g/mol. The van der Waals surface area contributed by atoms with Gasteiger partial charge < -0.3 is 20.3 Å². The van der Waals surface area contributed by atoms with E-state index < -0.39 is 0 Å². The SMILES string of the molecule is CCN(c1ccc(NC(=S)NCc2ccc(OC)cc2)cc1)C(C)C. The molecular weight excluding hydrogens is 330 g/mol. The van der Waals surface area contributed by atoms with Gasteiger partial charge in [0.2, 0.25) is 0 Å². The van der Waals surface area contributed by atoms with Gasteiger partial charge in [0.05, 0.1) is 7.11 Å². The molecular formula is C20H27N3OS. The molecule has 4 nitrogen and oxygen atoms in total. The molecule has 2 aromatic carbocycles. The van der Waals surface area contributed by atoms with E-state index in [2.05, 4.69) is 60.6 Å². The zero-order valence-corrected chi connectivity index (χ0v) is 16.2. The van der Waals surface area contributed by atoms with Crippen LogP contribution in [0.5, 0.6) is 5.75 Å². The van der Waals surface area contributed by atoms with Crippen LogP contribution in [0.2, 0.25) is 0 Å². The Balaban J connectivity index is 1.87. The third kappa shape index (κ3) is 5.64. The number of ether oxygens (including phenoxy) is 1. The summed E-state index contributed by atoms with van der Waals surface area (Å²) in [6.45, 7) is 8.24. The predicted octanol–water partition coefficient (Wildman–Crippen LogP) is 4.42. The Kier molecular flexibility index (Phi) is 7.07. The van der Waals surface area contributed by atoms with Gasteiger partial charge in [-0.2, -0.15) is 0 Å². The molecule has 0 bridgehead atoms. The highest BCUT2D eigenvalue weighted by molar-refractivity contribution is 7.80. The first-order chi connectivity index (χ1) is 12.0. The number of anilines is 2. The molecule has 2 aromatic rings. The van der Waals surface area contributed by atoms with Crippen molar-refractivity contribution >= 4 is 28.7 Å². The summed E-state index contributed by atoms with van der Waals surface area (Å²) < 4.78 is 5.16. The van der Waals surface area contributed by atoms with Gasteiger partial charge in [0, 0.05) is 30.5 Å². The smallest absolute Gasteiger partial charge is 0.171 e. The van der Waals surface area contributed by atoms with Gasteiger partial charge in [0.25, 0.3) is 0 Å². The lowest BCUT2D eigenvalue weighted by atomic mass is 10.2. The van der Waals surface area contributed by atoms with Crippen LogP contribution < -0.4 is 20.3 Å². The van der Waals surface area contributed by atoms with E-state index in [-0.39, 0.29) is 0 Å². The summed E-state index contributed by atoms with van der Waals surface area (Å²) >= 11 is 5.38. The molecule has 25 heavy (non-hydrogen) atoms. The van der Waals surface area contributed by atoms with Crippen molar-refractivity contribution in [1.82, 2.24) is 5.32 Å². The molecule has 0 radical (unpaired) electrons. The van der Waals surface area contributed by atoms with Crippen LogP contribution in [0.15, 0.2) is 48.5 Å². The first-order valence-electron chi connectivity index (χ1n) is 8.58. The van der Waals surface area contributed by atoms with Gasteiger partial charge in [-0.15, -0.1) is 0 Å². The third-order valence-corrected chi connectivity index (χ3v) is 4.28. The fraction of sp³-hybridized carbons (Fsp3) is 0.350. The molecule has 0 atom stereocenters. The summed E-state index contributed by atoms with van der Waals surface area (Å²) in [5.41, 5.74) is 3.35. The van der Waals surface area contributed by atoms with E-state index in [9.17, 15) is 0 Å². The highest BCUT2D eigenvalue weighted by Gasteiger charge is 2.08. The molecule has 0 heterocycles. The van der Waals surface area contributed by atoms with Gasteiger partial charge in [-0.1, -0.05) is 12.1 Å². The second-order valence-electron chi connectivity index (χ2n) is 6.08. The third-order valence-electron chi connectivity index (χ3n) is 4.03. The maximum Gasteiger partial charge on any atom is 0.171 e. The van der Waals surface area contributed by atoms with E-state index in [1.54, 1.807) is 7.11 Å². The van der Waals surface area contributed by atoms with E-state index in [0.717, 1.165) is 23.5 Å². The van der Waals surface area contributed by atoms with Crippen molar-refractivity contribution in [2.75, 3.05) is 23.9 Å². The van der Waals surface area contributed by atoms with Crippen LogP contribution in [0, 0.1) is 0 Å². The topological polar surface area (TPSA) is 36.5 Å². The molecule has 134 valence electrons. The van der Waals surface area contributed by atoms with Crippen LogP contribution in [-0.4, -0.2) is 24.8 Å². The van der Waals surface area contributed by atoms with Crippen molar-refractivity contribution in [2.45, 2.75) is 33.4 Å². The minimum atomic E-state index is 0.482. The first-order valence-corrected chi connectivity index (χ1v) is 8.98. The van der Waals surface area contributed by atoms with E-state index in [1.807, 2.05) is 24.3 Å². The molecule has 0 aliphatic carbocycles. The summed E-state index contributed by atoms with van der Waals surface area (Å²) in [4.78, 5) is 2.35. The maximum absolute atomic E-state index is 5.38. The van der Waals surface area contributed by atoms with Crippen LogP contribution in [0.3, 0.4) is 0 Å². The van der Waals surface area contributed by atoms with Crippen molar-refractivity contribution < 1.29 is 4.74 Å². The molecule has 0 saturated carbocycles. The van der Waals surface area contributed by atoms with Gasteiger partial charge >= 0.3 is 0 Å². The van der Waals surface area contributed by atoms with Crippen molar-refractivity contribution in [3.05, 3.63) is 54.1 Å². The number of rotatable bonds is 7. The molecule has 0 saturated heterocycles. The summed E-state index contributed by atoms with van der Waals surface area (Å²) in [7, 11) is 1.67. The number of thiocarbonyl (C=S) groups is 1. The average Bonchev–Trinajstić information content (AvgIpc) is 2.62. The first kappa shape index (κ1) is 19.1. The highest BCUT2D eigenvalue weighted by Crippen LogP contribution is 2.20. The van der Waals surface area contributed by atoms with E-state index in [4.69, 9.17) is 17.0 Å². The van der Waals surface area contributed by atoms with Crippen LogP contribution in [0.4, 0.5) is 11.4 Å². The minimum Gasteiger partial charge on any atom is -0.497 e. The number of nitrogens with one attached hydrogen (secondary N) is 2. The fourth-order valence-corrected chi connectivity index (χ4v) is 2.87. The molecule has 5 heteroatoms. The van der Waals surface area contributed by atoms with Crippen molar-refractivity contribution in [1.29, 1.82) is 0 Å². The van der Waals surface area contributed by atoms with Crippen LogP contribution in [-0.2, 0) is 6.54 Å². The number of hydrogen-bond acceptors (Lipinski definition) is 3. The Hall–Kier alpha value is -2.27. The van der Waals surface area contributed by atoms with Crippen molar-refractivity contribution in [3.8, 4) is 5.75 Å². The Morgan fingerprint density at radius 1 is 1.08 bits per heavy atom. The largest absolute Gasteiger partial charge is 0.497 e. The molecule has 0 amide bonds. The van der Waals surface area contributed by atoms with E-state index >= 15 is 0 Å². The molecule has 0 unspecified atom stereocenters. The maximum atomic E-state index is 5.38. The molecule has 2 rings (SSSR count). The summed E-state index contributed by atoms with van der Waals surface area (Å²) in [6.07, 6.45) is 0. The Morgan fingerprint density at radius 2 is 1.72 bits per heavy atom. The summed E-state index contributed by atoms with van der Waals surface area (Å²) in [5.74, 6) is 0.854. The fourth-order valence-electron chi connectivity index (χ4n) is 2.68. The number of methoxy groups -OCH3 is 1. The zero-order chi connectivity index (χ0) is 18.2. The lowest BCUT2D eigenvalue weighted by Crippen LogP contribution is -2.30. The second kappa shape index (κ2) is 9.28. The monoisotopic (exact) mass is 357 g/mol. The molecule has 0 aromatic heterocycles. The molecule has 0 aliphatic rings. The van der Waals surface area contributed by atoms with Gasteiger partial charge in [-0.25, -0.2) is 0 Å². The minimum absolute atomic E-state index is 0.482. The van der Waals surface area contributed by atoms with Gasteiger partial charge in [-0.05, 0) is 75.0 Å². The van der Waals surface area contributed by atoms with Crippen molar-refractivity contribution in [3.63, 3.8) is 0 Å². The number of nitrogens with zero attached hydrogens (tertiary/aromatic N) is 1. The summed E-state index contributed by atoms with van der Waals surface area (Å²) in [5, 5.41) is 7.06. The molecule has 0 spiro atoms. The standard InChI is InChI=1S/C20H27N3OS/c1-5-23(15(2)3)18-10-8-17(9-11-18)22-20(25)21-14-16-6-12-19(24-4)13-7-16/h6-13,15H,5,14H2,1-4H3,(H2,21,22,25). The van der Waals surface area contributed by atoms with Gasteiger partial charge in [-0.3, -0.25) is 0 Å². The van der Waals surface area contributed by atoms with Crippen LogP contribution in [0.1, 0.15) is 26.3 Å². The summed E-state index contributed by atoms with van der Waals surface area (Å²) in [6, 6.07) is 16.8. The zero-order valence-electron chi connectivity index (χ0n) is 15.4. The van der Waals surface area contributed by atoms with Crippen LogP contribution >= 0.6 is 12.2 Å². The Labute approximate surface area is 156 Å². The molecule has 0 fully saturated rings. The molecule has 2 N–H and O–H groups in total. The van der Waals surface area contributed by atoms with E-state index in [1.165, 1.54) is 5.69 Å². The van der Waals surface area contributed by atoms with Crippen LogP contribution in [0.25, 0.3) is 0 Å². The second-order valence-corrected chi connectivity index (χ2v) is 6.49. The van der Waals surface area contributed by atoms with E-state index in [0.29, 0.717) is 17.7 Å². The normalized spacial score (nSPS) is 10.4. The predicted molar refractivity (Wildman–Crippen MR) is 111 cm³/mol. The lowest BCUT2D eigenvalue weighted by molar-refractivity contribution is 0.414. The molecule has 0 aliphatic heterocycles. The van der Waals surface area contributed by atoms with Gasteiger partial charge in [0.15, 0.2) is 5.11 Å². The Morgan fingerprint density at radius 3 is 2.24 bits per heavy atom. The van der Waals surface area contributed by atoms with Crippen molar-refractivity contribution in [2.24, 2.45) is 0 Å². The quantitative estimate of drug-likeness (QED) is 0.718. The highest BCUT2D eigenvalue weighted by atomic mass is 32.1. The lowest BCUT2D eigenvalue weighted by Gasteiger charge is -2.27. The van der Waals surface area contributed by atoms with Gasteiger partial charge in [0.1, 0.15) is 5.75 Å². The Bertz CT molecular complexity index is 668. The number of hydrogen-bond donors (Lipinski definition) is 2. The number of benzene rings is 2.